The molecule has 3 aromatic rings. The van der Waals surface area contributed by atoms with Crippen LogP contribution in [0.5, 0.6) is 5.75 Å². The van der Waals surface area contributed by atoms with Gasteiger partial charge < -0.3 is 13.9 Å². The number of carbonyl (C=O) groups excluding carboxylic acids is 3. The third-order valence-electron chi connectivity index (χ3n) is 4.37. The monoisotopic (exact) mass is 351 g/mol. The van der Waals surface area contributed by atoms with Gasteiger partial charge in [0.15, 0.2) is 34.3 Å². The Morgan fingerprint density at radius 1 is 1.04 bits per heavy atom. The highest BCUT2D eigenvalue weighted by Crippen LogP contribution is 2.41. The first-order valence-electron chi connectivity index (χ1n) is 7.77. The minimum atomic E-state index is -0.786. The van der Waals surface area contributed by atoms with Crippen LogP contribution in [0.15, 0.2) is 28.7 Å². The van der Waals surface area contributed by atoms with Gasteiger partial charge >= 0.3 is 5.97 Å². The van der Waals surface area contributed by atoms with Crippen molar-refractivity contribution >= 4 is 28.6 Å². The summed E-state index contributed by atoms with van der Waals surface area (Å²) in [7, 11) is 2.56. The zero-order valence-electron chi connectivity index (χ0n) is 14.2. The standard InChI is InChI=1S/C19H13NO6/c1-8-20-14-17(24-2)12-11(13(18(14)26-8)19(23)25-3)15(21)9-6-4-5-7-10(9)16(12)22/h4-7H,1-3H3. The molecule has 7 heteroatoms. The Kier molecular flexibility index (Phi) is 3.40. The van der Waals surface area contributed by atoms with Gasteiger partial charge in [-0.1, -0.05) is 24.3 Å². The van der Waals surface area contributed by atoms with E-state index in [-0.39, 0.29) is 50.6 Å². The Hall–Kier alpha value is -3.48. The fourth-order valence-electron chi connectivity index (χ4n) is 3.31. The molecule has 130 valence electrons. The van der Waals surface area contributed by atoms with Gasteiger partial charge in [0.2, 0.25) is 0 Å². The van der Waals surface area contributed by atoms with E-state index >= 15 is 0 Å². The van der Waals surface area contributed by atoms with Gasteiger partial charge in [-0.15, -0.1) is 0 Å². The van der Waals surface area contributed by atoms with E-state index in [1.165, 1.54) is 14.2 Å². The van der Waals surface area contributed by atoms with E-state index in [1.807, 2.05) is 0 Å². The zero-order valence-corrected chi connectivity index (χ0v) is 14.2. The summed E-state index contributed by atoms with van der Waals surface area (Å²) in [6.07, 6.45) is 0. The van der Waals surface area contributed by atoms with Crippen LogP contribution in [0.25, 0.3) is 11.1 Å². The van der Waals surface area contributed by atoms with E-state index in [1.54, 1.807) is 31.2 Å². The second kappa shape index (κ2) is 5.52. The summed E-state index contributed by atoms with van der Waals surface area (Å²) in [5.74, 6) is -1.30. The number of fused-ring (bicyclic) bond motifs is 3. The summed E-state index contributed by atoms with van der Waals surface area (Å²) >= 11 is 0. The predicted molar refractivity (Wildman–Crippen MR) is 89.9 cm³/mol. The van der Waals surface area contributed by atoms with Crippen LogP contribution >= 0.6 is 0 Å². The molecule has 0 fully saturated rings. The fraction of sp³-hybridized carbons (Fsp3) is 0.158. The Balaban J connectivity index is 2.23. The maximum Gasteiger partial charge on any atom is 0.342 e. The van der Waals surface area contributed by atoms with Crippen molar-refractivity contribution in [2.45, 2.75) is 6.92 Å². The van der Waals surface area contributed by atoms with Crippen LogP contribution in [0, 0.1) is 6.92 Å². The first-order chi connectivity index (χ1) is 12.5. The number of hydrogen-bond donors (Lipinski definition) is 0. The lowest BCUT2D eigenvalue weighted by molar-refractivity contribution is 0.0598. The molecule has 1 aromatic heterocycles. The van der Waals surface area contributed by atoms with Crippen molar-refractivity contribution in [2.75, 3.05) is 14.2 Å². The van der Waals surface area contributed by atoms with Crippen LogP contribution in [0.4, 0.5) is 0 Å². The van der Waals surface area contributed by atoms with E-state index in [9.17, 15) is 14.4 Å². The van der Waals surface area contributed by atoms with Crippen molar-refractivity contribution in [3.63, 3.8) is 0 Å². The normalized spacial score (nSPS) is 12.7. The molecule has 0 N–H and O–H groups in total. The van der Waals surface area contributed by atoms with E-state index in [0.717, 1.165) is 0 Å². The van der Waals surface area contributed by atoms with Crippen molar-refractivity contribution in [3.8, 4) is 5.75 Å². The zero-order chi connectivity index (χ0) is 18.6. The van der Waals surface area contributed by atoms with Crippen LogP contribution < -0.4 is 4.74 Å². The van der Waals surface area contributed by atoms with Gasteiger partial charge in [-0.25, -0.2) is 9.78 Å². The molecule has 0 saturated heterocycles. The SMILES string of the molecule is COC(=O)c1c2c(c(OC)c3nc(C)oc13)C(=O)c1ccccc1C2=O. The van der Waals surface area contributed by atoms with Crippen molar-refractivity contribution in [2.24, 2.45) is 0 Å². The Morgan fingerprint density at radius 3 is 2.23 bits per heavy atom. The summed E-state index contributed by atoms with van der Waals surface area (Å²) < 4.78 is 15.8. The largest absolute Gasteiger partial charge is 0.494 e. The van der Waals surface area contributed by atoms with E-state index in [2.05, 4.69) is 4.98 Å². The first-order valence-corrected chi connectivity index (χ1v) is 7.77. The van der Waals surface area contributed by atoms with Crippen molar-refractivity contribution in [1.82, 2.24) is 4.98 Å². The van der Waals surface area contributed by atoms with Gasteiger partial charge in [-0.05, 0) is 0 Å². The van der Waals surface area contributed by atoms with Crippen molar-refractivity contribution in [3.05, 3.63) is 58.0 Å². The summed E-state index contributed by atoms with van der Waals surface area (Å²) in [5.41, 5.74) is 0.520. The lowest BCUT2D eigenvalue weighted by Gasteiger charge is -2.21. The lowest BCUT2D eigenvalue weighted by atomic mass is 9.81. The molecule has 0 bridgehead atoms. The molecule has 0 aliphatic heterocycles. The third kappa shape index (κ3) is 1.94. The molecule has 26 heavy (non-hydrogen) atoms. The van der Waals surface area contributed by atoms with Crippen LogP contribution in [-0.2, 0) is 4.74 Å². The van der Waals surface area contributed by atoms with E-state index < -0.39 is 17.5 Å². The number of rotatable bonds is 2. The molecule has 0 spiro atoms. The highest BCUT2D eigenvalue weighted by molar-refractivity contribution is 6.33. The van der Waals surface area contributed by atoms with Crippen LogP contribution in [-0.4, -0.2) is 36.7 Å². The average Bonchev–Trinajstić information content (AvgIpc) is 3.04. The van der Waals surface area contributed by atoms with Gasteiger partial charge in [-0.2, -0.15) is 0 Å². The number of aromatic nitrogens is 1. The summed E-state index contributed by atoms with van der Waals surface area (Å²) in [6, 6.07) is 6.43. The number of ketones is 2. The van der Waals surface area contributed by atoms with Crippen LogP contribution in [0.3, 0.4) is 0 Å². The maximum atomic E-state index is 13.1. The molecule has 0 saturated carbocycles. The fourth-order valence-corrected chi connectivity index (χ4v) is 3.31. The van der Waals surface area contributed by atoms with Gasteiger partial charge in [0.05, 0.1) is 25.3 Å². The maximum absolute atomic E-state index is 13.1. The molecule has 0 atom stereocenters. The minimum Gasteiger partial charge on any atom is -0.494 e. The topological polar surface area (TPSA) is 95.7 Å². The summed E-state index contributed by atoms with van der Waals surface area (Å²) in [4.78, 5) is 42.9. The quantitative estimate of drug-likeness (QED) is 0.512. The number of oxazole rings is 1. The molecule has 4 rings (SSSR count). The van der Waals surface area contributed by atoms with E-state index in [0.29, 0.717) is 0 Å². The average molecular weight is 351 g/mol. The lowest BCUT2D eigenvalue weighted by Crippen LogP contribution is -2.25. The molecule has 7 nitrogen and oxygen atoms in total. The minimum absolute atomic E-state index is 0.00241. The van der Waals surface area contributed by atoms with Crippen LogP contribution in [0.2, 0.25) is 0 Å². The molecule has 0 radical (unpaired) electrons. The highest BCUT2D eigenvalue weighted by atomic mass is 16.5. The third-order valence-corrected chi connectivity index (χ3v) is 4.37. The number of aryl methyl sites for hydroxylation is 1. The van der Waals surface area contributed by atoms with Crippen molar-refractivity contribution < 1.29 is 28.3 Å². The Labute approximate surface area is 147 Å². The number of methoxy groups -OCH3 is 2. The molecular formula is C19H13NO6. The number of nitrogens with zero attached hydrogens (tertiary/aromatic N) is 1. The molecule has 1 heterocycles. The van der Waals surface area contributed by atoms with Gasteiger partial charge in [0.25, 0.3) is 0 Å². The molecule has 0 amide bonds. The molecule has 1 aliphatic carbocycles. The first kappa shape index (κ1) is 16.0. The number of esters is 1. The van der Waals surface area contributed by atoms with Gasteiger partial charge in [0, 0.05) is 18.1 Å². The molecule has 2 aromatic carbocycles. The smallest absolute Gasteiger partial charge is 0.342 e. The molecule has 1 aliphatic rings. The number of ether oxygens (including phenoxy) is 2. The number of benzene rings is 2. The van der Waals surface area contributed by atoms with Gasteiger partial charge in [-0.3, -0.25) is 9.59 Å². The number of carbonyl (C=O) groups is 3. The highest BCUT2D eigenvalue weighted by Gasteiger charge is 2.39. The summed E-state index contributed by atoms with van der Waals surface area (Å²) in [5, 5.41) is 0. The predicted octanol–water partition coefficient (Wildman–Crippen LogP) is 2.71. The Bertz CT molecular complexity index is 1120. The second-order valence-electron chi connectivity index (χ2n) is 5.76. The van der Waals surface area contributed by atoms with E-state index in [4.69, 9.17) is 13.9 Å². The summed E-state index contributed by atoms with van der Waals surface area (Å²) in [6.45, 7) is 1.60. The molecular weight excluding hydrogens is 338 g/mol. The van der Waals surface area contributed by atoms with Gasteiger partial charge in [0.1, 0.15) is 5.56 Å². The van der Waals surface area contributed by atoms with Crippen molar-refractivity contribution in [1.29, 1.82) is 0 Å². The van der Waals surface area contributed by atoms with Crippen LogP contribution in [0.1, 0.15) is 48.1 Å². The second-order valence-corrected chi connectivity index (χ2v) is 5.76. The Morgan fingerprint density at radius 2 is 1.65 bits per heavy atom. The number of hydrogen-bond acceptors (Lipinski definition) is 7. The molecule has 0 unspecified atom stereocenters.